The number of rotatable bonds is 8. The van der Waals surface area contributed by atoms with Gasteiger partial charge in [0.1, 0.15) is 0 Å². The number of aromatic amines is 1. The highest BCUT2D eigenvalue weighted by molar-refractivity contribution is 8.00. The molecule has 0 saturated heterocycles. The molecule has 0 spiro atoms. The van der Waals surface area contributed by atoms with Crippen LogP contribution in [0.3, 0.4) is 0 Å². The number of H-pyrrole nitrogens is 1. The van der Waals surface area contributed by atoms with Gasteiger partial charge in [0.05, 0.1) is 21.3 Å². The van der Waals surface area contributed by atoms with E-state index in [0.29, 0.717) is 21.7 Å². The molecular formula is C18H18N2O6S. The molecule has 0 fully saturated rings. The molecule has 8 nitrogen and oxygen atoms in total. The summed E-state index contributed by atoms with van der Waals surface area (Å²) < 4.78 is 4.96. The first kappa shape index (κ1) is 20.4. The molecule has 0 aliphatic rings. The van der Waals surface area contributed by atoms with Crippen LogP contribution in [0, 0.1) is 24.0 Å². The molecule has 0 unspecified atom stereocenters. The predicted molar refractivity (Wildman–Crippen MR) is 99.4 cm³/mol. The lowest BCUT2D eigenvalue weighted by atomic mass is 10.1. The molecule has 2 aromatic rings. The quantitative estimate of drug-likeness (QED) is 0.241. The number of nitro groups is 1. The first-order valence-corrected chi connectivity index (χ1v) is 8.96. The largest absolute Gasteiger partial charge is 0.457 e. The van der Waals surface area contributed by atoms with Crippen molar-refractivity contribution in [2.24, 2.45) is 0 Å². The van der Waals surface area contributed by atoms with Crippen LogP contribution in [0.1, 0.15) is 39.0 Å². The summed E-state index contributed by atoms with van der Waals surface area (Å²) in [7, 11) is 0. The minimum absolute atomic E-state index is 0.0966. The number of hydrogen-bond acceptors (Lipinski definition) is 7. The van der Waals surface area contributed by atoms with E-state index in [1.807, 2.05) is 0 Å². The molecule has 1 aromatic heterocycles. The van der Waals surface area contributed by atoms with E-state index in [-0.39, 0.29) is 22.9 Å². The number of para-hydroxylation sites is 1. The number of aromatic nitrogens is 1. The zero-order valence-corrected chi connectivity index (χ0v) is 15.8. The molecule has 0 radical (unpaired) electrons. The lowest BCUT2D eigenvalue weighted by molar-refractivity contribution is -0.387. The highest BCUT2D eigenvalue weighted by Gasteiger charge is 2.21. The number of thioether (sulfide) groups is 1. The van der Waals surface area contributed by atoms with Crippen LogP contribution in [0.15, 0.2) is 29.2 Å². The predicted octanol–water partition coefficient (Wildman–Crippen LogP) is 3.26. The molecular weight excluding hydrogens is 372 g/mol. The van der Waals surface area contributed by atoms with Crippen LogP contribution < -0.4 is 0 Å². The number of nitrogens with zero attached hydrogens (tertiary/aromatic N) is 1. The van der Waals surface area contributed by atoms with Crippen molar-refractivity contribution in [1.82, 2.24) is 4.98 Å². The van der Waals surface area contributed by atoms with Crippen LogP contribution in [0.5, 0.6) is 0 Å². The van der Waals surface area contributed by atoms with Crippen LogP contribution in [0.25, 0.3) is 0 Å². The number of carbonyl (C=O) groups is 3. The van der Waals surface area contributed by atoms with Gasteiger partial charge in [0.2, 0.25) is 5.78 Å². The van der Waals surface area contributed by atoms with E-state index in [1.54, 1.807) is 19.9 Å². The summed E-state index contributed by atoms with van der Waals surface area (Å²) in [5, 5.41) is 11.0. The van der Waals surface area contributed by atoms with Crippen molar-refractivity contribution in [2.45, 2.75) is 25.7 Å². The highest BCUT2D eigenvalue weighted by atomic mass is 32.2. The van der Waals surface area contributed by atoms with Gasteiger partial charge in [-0.3, -0.25) is 24.5 Å². The standard InChI is InChI=1S/C18H18N2O6S/c1-10-17(12(3)21)11(2)19-18(10)14(22)8-26-16(23)9-27-15-7-5-4-6-13(15)20(24)25/h4-7,19H,8-9H2,1-3H3. The number of ether oxygens (including phenoxy) is 1. The van der Waals surface area contributed by atoms with E-state index in [0.717, 1.165) is 11.8 Å². The van der Waals surface area contributed by atoms with Gasteiger partial charge in [0.15, 0.2) is 12.4 Å². The summed E-state index contributed by atoms with van der Waals surface area (Å²) in [6.07, 6.45) is 0. The number of ketones is 2. The van der Waals surface area contributed by atoms with E-state index in [2.05, 4.69) is 4.98 Å². The zero-order valence-electron chi connectivity index (χ0n) is 15.0. The third-order valence-corrected chi connectivity index (χ3v) is 4.88. The number of Topliss-reactive ketones (excluding diaryl/α,β-unsaturated/α-hetero) is 2. The lowest BCUT2D eigenvalue weighted by Crippen LogP contribution is -2.16. The zero-order chi connectivity index (χ0) is 20.1. The molecule has 9 heteroatoms. The summed E-state index contributed by atoms with van der Waals surface area (Å²) >= 11 is 0.965. The molecule has 1 aromatic carbocycles. The van der Waals surface area contributed by atoms with Crippen LogP contribution >= 0.6 is 11.8 Å². The Balaban J connectivity index is 1.95. The minimum Gasteiger partial charge on any atom is -0.457 e. The summed E-state index contributed by atoms with van der Waals surface area (Å²) in [4.78, 5) is 49.4. The van der Waals surface area contributed by atoms with Gasteiger partial charge in [0.25, 0.3) is 5.69 Å². The fourth-order valence-corrected chi connectivity index (χ4v) is 3.51. The molecule has 0 aliphatic carbocycles. The summed E-state index contributed by atoms with van der Waals surface area (Å²) in [6.45, 7) is 4.28. The summed E-state index contributed by atoms with van der Waals surface area (Å²) in [5.74, 6) is -1.44. The van der Waals surface area contributed by atoms with Crippen molar-refractivity contribution >= 4 is 35.0 Å². The third kappa shape index (κ3) is 4.82. The Kier molecular flexibility index (Phi) is 6.51. The Bertz CT molecular complexity index is 919. The van der Waals surface area contributed by atoms with Gasteiger partial charge in [-0.15, -0.1) is 11.8 Å². The van der Waals surface area contributed by atoms with Crippen LogP contribution in [0.2, 0.25) is 0 Å². The second-order valence-corrected chi connectivity index (χ2v) is 6.80. The van der Waals surface area contributed by atoms with E-state index >= 15 is 0 Å². The second kappa shape index (κ2) is 8.63. The number of nitrogens with one attached hydrogen (secondary N) is 1. The molecule has 0 amide bonds. The maximum Gasteiger partial charge on any atom is 0.316 e. The van der Waals surface area contributed by atoms with Crippen molar-refractivity contribution in [3.05, 3.63) is 56.9 Å². The molecule has 1 heterocycles. The van der Waals surface area contributed by atoms with Crippen molar-refractivity contribution in [3.8, 4) is 0 Å². The molecule has 0 atom stereocenters. The molecule has 0 saturated carbocycles. The Morgan fingerprint density at radius 1 is 1.22 bits per heavy atom. The number of esters is 1. The van der Waals surface area contributed by atoms with E-state index in [4.69, 9.17) is 4.74 Å². The van der Waals surface area contributed by atoms with Gasteiger partial charge in [-0.2, -0.15) is 0 Å². The molecule has 0 aliphatic heterocycles. The fourth-order valence-electron chi connectivity index (χ4n) is 2.68. The molecule has 1 N–H and O–H groups in total. The van der Waals surface area contributed by atoms with Gasteiger partial charge in [-0.25, -0.2) is 0 Å². The maximum atomic E-state index is 12.3. The average Bonchev–Trinajstić information content (AvgIpc) is 2.92. The van der Waals surface area contributed by atoms with Gasteiger partial charge in [-0.1, -0.05) is 12.1 Å². The number of nitro benzene ring substituents is 1. The monoisotopic (exact) mass is 390 g/mol. The Labute approximate surface area is 159 Å². The van der Waals surface area contributed by atoms with Crippen molar-refractivity contribution < 1.29 is 24.0 Å². The van der Waals surface area contributed by atoms with Crippen LogP contribution in [0.4, 0.5) is 5.69 Å². The SMILES string of the molecule is CC(=O)c1c(C)[nH]c(C(=O)COC(=O)CSc2ccccc2[N+](=O)[O-])c1C. The van der Waals surface area contributed by atoms with Gasteiger partial charge < -0.3 is 9.72 Å². The minimum atomic E-state index is -0.667. The Morgan fingerprint density at radius 3 is 2.48 bits per heavy atom. The summed E-state index contributed by atoms with van der Waals surface area (Å²) in [5.41, 5.74) is 1.70. The number of aryl methyl sites for hydroxylation is 1. The average molecular weight is 390 g/mol. The first-order valence-electron chi connectivity index (χ1n) is 7.97. The van der Waals surface area contributed by atoms with Gasteiger partial charge >= 0.3 is 5.97 Å². The highest BCUT2D eigenvalue weighted by Crippen LogP contribution is 2.28. The second-order valence-electron chi connectivity index (χ2n) is 5.78. The third-order valence-electron chi connectivity index (χ3n) is 3.84. The number of hydrogen-bond donors (Lipinski definition) is 1. The lowest BCUT2D eigenvalue weighted by Gasteiger charge is -2.05. The van der Waals surface area contributed by atoms with Gasteiger partial charge in [0, 0.05) is 17.3 Å². The van der Waals surface area contributed by atoms with E-state index in [9.17, 15) is 24.5 Å². The van der Waals surface area contributed by atoms with Crippen LogP contribution in [-0.2, 0) is 9.53 Å². The number of carbonyl (C=O) groups excluding carboxylic acids is 3. The normalized spacial score (nSPS) is 10.5. The maximum absolute atomic E-state index is 12.3. The molecule has 2 rings (SSSR count). The summed E-state index contributed by atoms with van der Waals surface area (Å²) in [6, 6.07) is 6.05. The first-order chi connectivity index (χ1) is 12.7. The molecule has 142 valence electrons. The van der Waals surface area contributed by atoms with E-state index < -0.39 is 23.3 Å². The topological polar surface area (TPSA) is 119 Å². The van der Waals surface area contributed by atoms with Gasteiger partial charge in [-0.05, 0) is 32.4 Å². The van der Waals surface area contributed by atoms with Crippen LogP contribution in [-0.4, -0.2) is 39.8 Å². The molecule has 0 bridgehead atoms. The smallest absolute Gasteiger partial charge is 0.316 e. The fraction of sp³-hybridized carbons (Fsp3) is 0.278. The van der Waals surface area contributed by atoms with Crippen molar-refractivity contribution in [2.75, 3.05) is 12.4 Å². The molecule has 27 heavy (non-hydrogen) atoms. The van der Waals surface area contributed by atoms with E-state index in [1.165, 1.54) is 25.1 Å². The number of benzene rings is 1. The Morgan fingerprint density at radius 2 is 1.89 bits per heavy atom. The van der Waals surface area contributed by atoms with Crippen molar-refractivity contribution in [3.63, 3.8) is 0 Å². The van der Waals surface area contributed by atoms with Crippen molar-refractivity contribution in [1.29, 1.82) is 0 Å². The Hall–Kier alpha value is -2.94.